The Labute approximate surface area is 176 Å². The van der Waals surface area contributed by atoms with Crippen molar-refractivity contribution in [3.63, 3.8) is 0 Å². The summed E-state index contributed by atoms with van der Waals surface area (Å²) >= 11 is 0. The van der Waals surface area contributed by atoms with Crippen LogP contribution in [-0.4, -0.2) is 30.9 Å². The van der Waals surface area contributed by atoms with Crippen molar-refractivity contribution in [3.8, 4) is 11.3 Å². The summed E-state index contributed by atoms with van der Waals surface area (Å²) in [5.41, 5.74) is 0.881. The van der Waals surface area contributed by atoms with Gasteiger partial charge in [0.2, 0.25) is 0 Å². The highest BCUT2D eigenvalue weighted by atomic mass is 16.5. The topological polar surface area (TPSA) is 106 Å². The van der Waals surface area contributed by atoms with Crippen LogP contribution >= 0.6 is 0 Å². The number of ether oxygens (including phenoxy) is 1. The number of imide groups is 2. The molecule has 0 atom stereocenters. The number of hydrogen-bond donors (Lipinski definition) is 1. The van der Waals surface area contributed by atoms with E-state index < -0.39 is 23.8 Å². The summed E-state index contributed by atoms with van der Waals surface area (Å²) in [4.78, 5) is 50.3. The Balaban J connectivity index is 1.69. The summed E-state index contributed by atoms with van der Waals surface area (Å²) in [5.74, 6) is -1.56. The summed E-state index contributed by atoms with van der Waals surface area (Å²) in [5, 5.41) is 2.15. The number of urea groups is 1. The predicted molar refractivity (Wildman–Crippen MR) is 111 cm³/mol. The number of barbiturate groups is 1. The Bertz CT molecular complexity index is 1230. The third-order valence-electron chi connectivity index (χ3n) is 4.63. The third-order valence-corrected chi connectivity index (χ3v) is 4.63. The molecule has 31 heavy (non-hydrogen) atoms. The second-order valence-corrected chi connectivity index (χ2v) is 6.53. The fourth-order valence-electron chi connectivity index (χ4n) is 3.17. The van der Waals surface area contributed by atoms with E-state index in [1.54, 1.807) is 66.7 Å². The van der Waals surface area contributed by atoms with Gasteiger partial charge in [0, 0.05) is 5.56 Å². The highest BCUT2D eigenvalue weighted by Gasteiger charge is 2.37. The number of amides is 4. The third kappa shape index (κ3) is 3.74. The van der Waals surface area contributed by atoms with E-state index in [1.807, 2.05) is 0 Å². The number of para-hydroxylation sites is 1. The molecular formula is C23H16N2O6. The number of benzene rings is 2. The van der Waals surface area contributed by atoms with Crippen LogP contribution in [0.5, 0.6) is 0 Å². The van der Waals surface area contributed by atoms with E-state index in [9.17, 15) is 19.2 Å². The van der Waals surface area contributed by atoms with E-state index in [0.29, 0.717) is 22.6 Å². The van der Waals surface area contributed by atoms with Crippen LogP contribution in [0, 0.1) is 0 Å². The SMILES string of the molecule is COC(=O)c1ccccc1-c1ccc(C=C2C(=O)NC(=O)N(c3ccccc3)C2=O)o1. The van der Waals surface area contributed by atoms with Gasteiger partial charge in [-0.15, -0.1) is 0 Å². The number of hydrogen-bond acceptors (Lipinski definition) is 6. The zero-order valence-corrected chi connectivity index (χ0v) is 16.3. The maximum Gasteiger partial charge on any atom is 0.338 e. The van der Waals surface area contributed by atoms with Gasteiger partial charge in [0.1, 0.15) is 17.1 Å². The van der Waals surface area contributed by atoms with Gasteiger partial charge in [-0.25, -0.2) is 14.5 Å². The van der Waals surface area contributed by atoms with E-state index in [2.05, 4.69) is 5.32 Å². The van der Waals surface area contributed by atoms with E-state index >= 15 is 0 Å². The van der Waals surface area contributed by atoms with Gasteiger partial charge in [0.15, 0.2) is 0 Å². The largest absolute Gasteiger partial charge is 0.465 e. The minimum atomic E-state index is -0.828. The average molecular weight is 416 g/mol. The first-order valence-electron chi connectivity index (χ1n) is 9.23. The van der Waals surface area contributed by atoms with Crippen LogP contribution in [0.3, 0.4) is 0 Å². The van der Waals surface area contributed by atoms with Gasteiger partial charge in [-0.05, 0) is 36.4 Å². The molecule has 0 bridgehead atoms. The highest BCUT2D eigenvalue weighted by Crippen LogP contribution is 2.28. The Morgan fingerprint density at radius 2 is 1.68 bits per heavy atom. The summed E-state index contributed by atoms with van der Waals surface area (Å²) in [6.07, 6.45) is 1.25. The number of carbonyl (C=O) groups is 4. The molecule has 0 aliphatic carbocycles. The molecule has 1 N–H and O–H groups in total. The summed E-state index contributed by atoms with van der Waals surface area (Å²) in [6.45, 7) is 0. The molecule has 154 valence electrons. The number of furan rings is 1. The lowest BCUT2D eigenvalue weighted by molar-refractivity contribution is -0.122. The van der Waals surface area contributed by atoms with Crippen molar-refractivity contribution < 1.29 is 28.3 Å². The lowest BCUT2D eigenvalue weighted by atomic mass is 10.1. The summed E-state index contributed by atoms with van der Waals surface area (Å²) in [7, 11) is 1.28. The molecule has 3 aromatic rings. The van der Waals surface area contributed by atoms with Crippen LogP contribution in [0.4, 0.5) is 10.5 Å². The fraction of sp³-hybridized carbons (Fsp3) is 0.0435. The van der Waals surface area contributed by atoms with Crippen molar-refractivity contribution in [1.29, 1.82) is 0 Å². The first-order chi connectivity index (χ1) is 15.0. The molecule has 4 rings (SSSR count). The number of esters is 1. The van der Waals surface area contributed by atoms with Crippen LogP contribution in [0.25, 0.3) is 17.4 Å². The van der Waals surface area contributed by atoms with Crippen LogP contribution in [0.1, 0.15) is 16.1 Å². The average Bonchev–Trinajstić information content (AvgIpc) is 3.25. The van der Waals surface area contributed by atoms with Crippen LogP contribution in [0.15, 0.2) is 76.7 Å². The molecule has 1 fully saturated rings. The molecule has 0 spiro atoms. The molecule has 1 saturated heterocycles. The second-order valence-electron chi connectivity index (χ2n) is 6.53. The molecule has 2 heterocycles. The zero-order valence-electron chi connectivity index (χ0n) is 16.3. The fourth-order valence-corrected chi connectivity index (χ4v) is 3.17. The Kier molecular flexibility index (Phi) is 5.19. The molecular weight excluding hydrogens is 400 g/mol. The van der Waals surface area contributed by atoms with Gasteiger partial charge in [-0.3, -0.25) is 14.9 Å². The molecule has 0 saturated carbocycles. The van der Waals surface area contributed by atoms with Gasteiger partial charge in [0.25, 0.3) is 11.8 Å². The highest BCUT2D eigenvalue weighted by molar-refractivity contribution is 6.39. The van der Waals surface area contributed by atoms with E-state index in [0.717, 1.165) is 4.90 Å². The van der Waals surface area contributed by atoms with E-state index in [4.69, 9.17) is 9.15 Å². The minimum absolute atomic E-state index is 0.204. The van der Waals surface area contributed by atoms with Crippen molar-refractivity contribution in [3.05, 3.63) is 83.6 Å². The molecule has 4 amide bonds. The second kappa shape index (κ2) is 8.11. The maximum absolute atomic E-state index is 12.9. The zero-order chi connectivity index (χ0) is 22.0. The molecule has 0 radical (unpaired) electrons. The Morgan fingerprint density at radius 1 is 0.968 bits per heavy atom. The molecule has 8 heteroatoms. The lowest BCUT2D eigenvalue weighted by Gasteiger charge is -2.26. The smallest absolute Gasteiger partial charge is 0.338 e. The number of anilines is 1. The van der Waals surface area contributed by atoms with Gasteiger partial charge in [-0.1, -0.05) is 36.4 Å². The molecule has 1 aromatic heterocycles. The monoisotopic (exact) mass is 416 g/mol. The predicted octanol–water partition coefficient (Wildman–Crippen LogP) is 3.40. The van der Waals surface area contributed by atoms with Crippen LogP contribution < -0.4 is 10.2 Å². The Hall–Kier alpha value is -4.46. The molecule has 8 nitrogen and oxygen atoms in total. The molecule has 1 aliphatic heterocycles. The van der Waals surface area contributed by atoms with Crippen LogP contribution in [-0.2, 0) is 14.3 Å². The normalized spacial score (nSPS) is 15.2. The number of rotatable bonds is 4. The number of nitrogens with one attached hydrogen (secondary N) is 1. The maximum atomic E-state index is 12.9. The summed E-state index contributed by atoms with van der Waals surface area (Å²) < 4.78 is 10.5. The summed E-state index contributed by atoms with van der Waals surface area (Å²) in [6, 6.07) is 17.3. The van der Waals surface area contributed by atoms with E-state index in [-0.39, 0.29) is 11.3 Å². The van der Waals surface area contributed by atoms with Crippen LogP contribution in [0.2, 0.25) is 0 Å². The first-order valence-corrected chi connectivity index (χ1v) is 9.23. The van der Waals surface area contributed by atoms with Crippen molar-refractivity contribution in [2.75, 3.05) is 12.0 Å². The van der Waals surface area contributed by atoms with Gasteiger partial charge in [0.05, 0.1) is 18.4 Å². The lowest BCUT2D eigenvalue weighted by Crippen LogP contribution is -2.54. The van der Waals surface area contributed by atoms with E-state index in [1.165, 1.54) is 13.2 Å². The standard InChI is InChI=1S/C23H16N2O6/c1-30-22(28)17-10-6-5-9-16(17)19-12-11-15(31-19)13-18-20(26)24-23(29)25(21(18)27)14-7-3-2-4-8-14/h2-13H,1H3,(H,24,26,29). The van der Waals surface area contributed by atoms with Gasteiger partial charge in [-0.2, -0.15) is 0 Å². The van der Waals surface area contributed by atoms with Crippen molar-refractivity contribution in [2.24, 2.45) is 0 Å². The Morgan fingerprint density at radius 3 is 2.42 bits per heavy atom. The minimum Gasteiger partial charge on any atom is -0.465 e. The molecule has 1 aliphatic rings. The first kappa shape index (κ1) is 19.8. The van der Waals surface area contributed by atoms with Crippen molar-refractivity contribution in [1.82, 2.24) is 5.32 Å². The quantitative estimate of drug-likeness (QED) is 0.397. The van der Waals surface area contributed by atoms with Crippen molar-refractivity contribution >= 4 is 35.6 Å². The van der Waals surface area contributed by atoms with Gasteiger partial charge >= 0.3 is 12.0 Å². The molecule has 0 unspecified atom stereocenters. The number of nitrogens with zero attached hydrogens (tertiary/aromatic N) is 1. The number of carbonyl (C=O) groups excluding carboxylic acids is 4. The van der Waals surface area contributed by atoms with Crippen molar-refractivity contribution in [2.45, 2.75) is 0 Å². The van der Waals surface area contributed by atoms with Gasteiger partial charge < -0.3 is 9.15 Å². The molecule has 2 aromatic carbocycles. The number of methoxy groups -OCH3 is 1.